The number of amides is 1. The van der Waals surface area contributed by atoms with Gasteiger partial charge in [-0.2, -0.15) is 0 Å². The predicted octanol–water partition coefficient (Wildman–Crippen LogP) is 4.84. The molecule has 4 nitrogen and oxygen atoms in total. The largest absolute Gasteiger partial charge is 0.455 e. The summed E-state index contributed by atoms with van der Waals surface area (Å²) in [7, 11) is 0. The third-order valence-electron chi connectivity index (χ3n) is 3.60. The molecule has 3 aromatic rings. The summed E-state index contributed by atoms with van der Waals surface area (Å²) in [6.07, 6.45) is 0. The SMILES string of the molecule is Cc1cccc(NCC(=O)Nc2ccccc2Oc2ccccc2)c1. The Labute approximate surface area is 147 Å². The quantitative estimate of drug-likeness (QED) is 0.679. The van der Waals surface area contributed by atoms with E-state index in [9.17, 15) is 4.79 Å². The van der Waals surface area contributed by atoms with E-state index in [4.69, 9.17) is 4.74 Å². The summed E-state index contributed by atoms with van der Waals surface area (Å²) in [6, 6.07) is 24.8. The van der Waals surface area contributed by atoms with Crippen LogP contribution in [0.3, 0.4) is 0 Å². The number of carbonyl (C=O) groups excluding carboxylic acids is 1. The summed E-state index contributed by atoms with van der Waals surface area (Å²) in [4.78, 5) is 12.2. The second-order valence-corrected chi connectivity index (χ2v) is 5.68. The molecule has 0 heterocycles. The lowest BCUT2D eigenvalue weighted by atomic mass is 10.2. The lowest BCUT2D eigenvalue weighted by molar-refractivity contribution is -0.114. The fourth-order valence-corrected chi connectivity index (χ4v) is 2.41. The number of para-hydroxylation sites is 3. The smallest absolute Gasteiger partial charge is 0.243 e. The standard InChI is InChI=1S/C21H20N2O2/c1-16-8-7-9-17(14-16)22-15-21(24)23-19-12-5-6-13-20(19)25-18-10-3-2-4-11-18/h2-14,22H,15H2,1H3,(H,23,24). The lowest BCUT2D eigenvalue weighted by Gasteiger charge is -2.13. The average molecular weight is 332 g/mol. The summed E-state index contributed by atoms with van der Waals surface area (Å²) in [5, 5.41) is 6.01. The Morgan fingerprint density at radius 1 is 0.920 bits per heavy atom. The van der Waals surface area contributed by atoms with Crippen LogP contribution in [0.1, 0.15) is 5.56 Å². The van der Waals surface area contributed by atoms with E-state index >= 15 is 0 Å². The molecule has 0 aliphatic heterocycles. The Kier molecular flexibility index (Phi) is 5.32. The van der Waals surface area contributed by atoms with Gasteiger partial charge in [0.2, 0.25) is 5.91 Å². The molecule has 0 aliphatic rings. The third-order valence-corrected chi connectivity index (χ3v) is 3.60. The van der Waals surface area contributed by atoms with Crippen LogP contribution in [0.5, 0.6) is 11.5 Å². The van der Waals surface area contributed by atoms with Crippen LogP contribution in [0.15, 0.2) is 78.9 Å². The van der Waals surface area contributed by atoms with Crippen molar-refractivity contribution in [2.45, 2.75) is 6.92 Å². The molecule has 0 fully saturated rings. The van der Waals surface area contributed by atoms with Gasteiger partial charge in [0.15, 0.2) is 5.75 Å². The van der Waals surface area contributed by atoms with Gasteiger partial charge in [0, 0.05) is 5.69 Å². The maximum Gasteiger partial charge on any atom is 0.243 e. The van der Waals surface area contributed by atoms with Crippen molar-refractivity contribution in [2.75, 3.05) is 17.2 Å². The minimum Gasteiger partial charge on any atom is -0.455 e. The Morgan fingerprint density at radius 3 is 2.48 bits per heavy atom. The normalized spacial score (nSPS) is 10.1. The van der Waals surface area contributed by atoms with Gasteiger partial charge in [-0.15, -0.1) is 0 Å². The molecule has 0 radical (unpaired) electrons. The molecule has 0 saturated heterocycles. The van der Waals surface area contributed by atoms with Crippen molar-refractivity contribution < 1.29 is 9.53 Å². The molecule has 0 bridgehead atoms. The minimum atomic E-state index is -0.134. The summed E-state index contributed by atoms with van der Waals surface area (Å²) >= 11 is 0. The minimum absolute atomic E-state index is 0.134. The maximum atomic E-state index is 12.2. The van der Waals surface area contributed by atoms with Gasteiger partial charge < -0.3 is 15.4 Å². The average Bonchev–Trinajstić information content (AvgIpc) is 2.63. The van der Waals surface area contributed by atoms with Crippen LogP contribution in [0.2, 0.25) is 0 Å². The summed E-state index contributed by atoms with van der Waals surface area (Å²) < 4.78 is 5.85. The molecule has 3 aromatic carbocycles. The van der Waals surface area contributed by atoms with Gasteiger partial charge in [-0.05, 0) is 48.9 Å². The number of aryl methyl sites for hydroxylation is 1. The van der Waals surface area contributed by atoms with Crippen LogP contribution in [-0.4, -0.2) is 12.5 Å². The number of benzene rings is 3. The first-order valence-electron chi connectivity index (χ1n) is 8.13. The number of rotatable bonds is 6. The van der Waals surface area contributed by atoms with Crippen molar-refractivity contribution in [3.8, 4) is 11.5 Å². The topological polar surface area (TPSA) is 50.4 Å². The van der Waals surface area contributed by atoms with Gasteiger partial charge in [0.25, 0.3) is 0 Å². The Morgan fingerprint density at radius 2 is 1.68 bits per heavy atom. The zero-order valence-electron chi connectivity index (χ0n) is 14.0. The van der Waals surface area contributed by atoms with Gasteiger partial charge in [-0.1, -0.05) is 42.5 Å². The zero-order chi connectivity index (χ0) is 17.5. The number of hydrogen-bond donors (Lipinski definition) is 2. The Hall–Kier alpha value is -3.27. The fraction of sp³-hybridized carbons (Fsp3) is 0.0952. The molecule has 25 heavy (non-hydrogen) atoms. The summed E-state index contributed by atoms with van der Waals surface area (Å²) in [6.45, 7) is 2.20. The van der Waals surface area contributed by atoms with Crippen LogP contribution in [0, 0.1) is 6.92 Å². The van der Waals surface area contributed by atoms with Crippen molar-refractivity contribution in [1.82, 2.24) is 0 Å². The number of anilines is 2. The number of hydrogen-bond acceptors (Lipinski definition) is 3. The Bertz CT molecular complexity index is 847. The van der Waals surface area contributed by atoms with Gasteiger partial charge in [0.05, 0.1) is 12.2 Å². The molecule has 0 aliphatic carbocycles. The molecule has 0 saturated carbocycles. The Balaban J connectivity index is 1.63. The molecule has 0 atom stereocenters. The number of carbonyl (C=O) groups is 1. The first kappa shape index (κ1) is 16.6. The molecule has 0 spiro atoms. The highest BCUT2D eigenvalue weighted by Gasteiger charge is 2.08. The van der Waals surface area contributed by atoms with Crippen LogP contribution in [0.4, 0.5) is 11.4 Å². The summed E-state index contributed by atoms with van der Waals surface area (Å²) in [5.41, 5.74) is 2.71. The van der Waals surface area contributed by atoms with Crippen molar-refractivity contribution >= 4 is 17.3 Å². The van der Waals surface area contributed by atoms with E-state index in [0.717, 1.165) is 17.0 Å². The highest BCUT2D eigenvalue weighted by atomic mass is 16.5. The van der Waals surface area contributed by atoms with Crippen LogP contribution < -0.4 is 15.4 Å². The van der Waals surface area contributed by atoms with Crippen molar-refractivity contribution in [1.29, 1.82) is 0 Å². The fourth-order valence-electron chi connectivity index (χ4n) is 2.41. The first-order valence-corrected chi connectivity index (χ1v) is 8.13. The molecular formula is C21H20N2O2. The van der Waals surface area contributed by atoms with E-state index in [2.05, 4.69) is 10.6 Å². The van der Waals surface area contributed by atoms with Gasteiger partial charge in [-0.3, -0.25) is 4.79 Å². The van der Waals surface area contributed by atoms with Crippen LogP contribution >= 0.6 is 0 Å². The van der Waals surface area contributed by atoms with Crippen molar-refractivity contribution in [3.63, 3.8) is 0 Å². The van der Waals surface area contributed by atoms with Crippen LogP contribution in [0.25, 0.3) is 0 Å². The monoisotopic (exact) mass is 332 g/mol. The van der Waals surface area contributed by atoms with Gasteiger partial charge in [0.1, 0.15) is 5.75 Å². The van der Waals surface area contributed by atoms with E-state index in [1.165, 1.54) is 0 Å². The van der Waals surface area contributed by atoms with Crippen molar-refractivity contribution in [2.24, 2.45) is 0 Å². The molecule has 2 N–H and O–H groups in total. The van der Waals surface area contributed by atoms with Gasteiger partial charge >= 0.3 is 0 Å². The summed E-state index contributed by atoms with van der Waals surface area (Å²) in [5.74, 6) is 1.20. The second kappa shape index (κ2) is 8.02. The number of nitrogens with one attached hydrogen (secondary N) is 2. The highest BCUT2D eigenvalue weighted by Crippen LogP contribution is 2.29. The van der Waals surface area contributed by atoms with E-state index in [0.29, 0.717) is 11.4 Å². The molecular weight excluding hydrogens is 312 g/mol. The van der Waals surface area contributed by atoms with E-state index in [1.54, 1.807) is 0 Å². The van der Waals surface area contributed by atoms with E-state index < -0.39 is 0 Å². The zero-order valence-corrected chi connectivity index (χ0v) is 14.0. The molecule has 4 heteroatoms. The lowest BCUT2D eigenvalue weighted by Crippen LogP contribution is -2.22. The molecule has 1 amide bonds. The molecule has 0 aromatic heterocycles. The third kappa shape index (κ3) is 4.85. The predicted molar refractivity (Wildman–Crippen MR) is 101 cm³/mol. The van der Waals surface area contributed by atoms with Gasteiger partial charge in [-0.25, -0.2) is 0 Å². The molecule has 126 valence electrons. The van der Waals surface area contributed by atoms with Crippen LogP contribution in [-0.2, 0) is 4.79 Å². The van der Waals surface area contributed by atoms with E-state index in [1.807, 2.05) is 85.8 Å². The molecule has 0 unspecified atom stereocenters. The van der Waals surface area contributed by atoms with Crippen molar-refractivity contribution in [3.05, 3.63) is 84.4 Å². The highest BCUT2D eigenvalue weighted by molar-refractivity contribution is 5.95. The molecule has 3 rings (SSSR count). The first-order chi connectivity index (χ1) is 12.2. The number of ether oxygens (including phenoxy) is 1. The van der Waals surface area contributed by atoms with E-state index in [-0.39, 0.29) is 12.5 Å². The second-order valence-electron chi connectivity index (χ2n) is 5.68. The maximum absolute atomic E-state index is 12.2.